The van der Waals surface area contributed by atoms with E-state index >= 15 is 0 Å². The van der Waals surface area contributed by atoms with Crippen LogP contribution in [0.5, 0.6) is 0 Å². The number of rotatable bonds is 5. The number of aromatic nitrogens is 1. The number of anilines is 1. The van der Waals surface area contributed by atoms with Crippen LogP contribution in [-0.2, 0) is 16.1 Å². The van der Waals surface area contributed by atoms with E-state index in [1.165, 1.54) is 12.8 Å². The first-order valence-corrected chi connectivity index (χ1v) is 8.70. The molecule has 1 aromatic heterocycles. The fraction of sp³-hybridized carbons (Fsp3) is 0.533. The van der Waals surface area contributed by atoms with E-state index in [2.05, 4.69) is 15.2 Å². The van der Waals surface area contributed by atoms with Gasteiger partial charge in [-0.25, -0.2) is 4.98 Å². The van der Waals surface area contributed by atoms with Crippen molar-refractivity contribution in [2.24, 2.45) is 0 Å². The first kappa shape index (κ1) is 15.1. The summed E-state index contributed by atoms with van der Waals surface area (Å²) in [7, 11) is 0. The van der Waals surface area contributed by atoms with Crippen LogP contribution in [0, 0.1) is 0 Å². The second-order valence-electron chi connectivity index (χ2n) is 5.56. The fourth-order valence-electron chi connectivity index (χ4n) is 2.62. The van der Waals surface area contributed by atoms with Gasteiger partial charge in [-0.05, 0) is 24.5 Å². The maximum absolute atomic E-state index is 11.9. The van der Waals surface area contributed by atoms with Crippen LogP contribution in [0.25, 0.3) is 0 Å². The summed E-state index contributed by atoms with van der Waals surface area (Å²) in [5.74, 6) is 2.01. The van der Waals surface area contributed by atoms with Crippen molar-refractivity contribution in [1.82, 2.24) is 15.2 Å². The first-order chi connectivity index (χ1) is 10.7. The van der Waals surface area contributed by atoms with E-state index in [0.717, 1.165) is 24.5 Å². The highest BCUT2D eigenvalue weighted by Gasteiger charge is 2.22. The van der Waals surface area contributed by atoms with Gasteiger partial charge in [0.25, 0.3) is 0 Å². The smallest absolute Gasteiger partial charge is 0.239 e. The molecular formula is C15H20N4O2S. The molecule has 6 nitrogen and oxygen atoms in total. The standard InChI is InChI=1S/C15H20N4O2S/c20-14(9-19-11-22-10-15(19)21)17-8-12-3-4-13(16-7-12)18-5-1-2-6-18/h3-4,7H,1-2,5-6,8-11H2,(H,17,20). The molecule has 3 heterocycles. The Bertz CT molecular complexity index is 543. The third-order valence-electron chi connectivity index (χ3n) is 3.89. The number of hydrogen-bond donors (Lipinski definition) is 1. The number of nitrogens with zero attached hydrogens (tertiary/aromatic N) is 3. The van der Waals surface area contributed by atoms with Crippen molar-refractivity contribution in [3.05, 3.63) is 23.9 Å². The Morgan fingerprint density at radius 1 is 1.32 bits per heavy atom. The lowest BCUT2D eigenvalue weighted by atomic mass is 10.2. The average molecular weight is 320 g/mol. The molecular weight excluding hydrogens is 300 g/mol. The minimum atomic E-state index is -0.125. The van der Waals surface area contributed by atoms with Gasteiger partial charge in [-0.1, -0.05) is 6.07 Å². The van der Waals surface area contributed by atoms with Gasteiger partial charge in [-0.3, -0.25) is 9.59 Å². The molecule has 0 saturated carbocycles. The SMILES string of the molecule is O=C(CN1CSCC1=O)NCc1ccc(N2CCCC2)nc1. The van der Waals surface area contributed by atoms with Crippen molar-refractivity contribution in [1.29, 1.82) is 0 Å². The van der Waals surface area contributed by atoms with E-state index in [0.29, 0.717) is 18.2 Å². The zero-order valence-corrected chi connectivity index (χ0v) is 13.3. The Labute approximate surface area is 134 Å². The van der Waals surface area contributed by atoms with Gasteiger partial charge < -0.3 is 15.1 Å². The van der Waals surface area contributed by atoms with E-state index in [-0.39, 0.29) is 18.4 Å². The number of carbonyl (C=O) groups is 2. The van der Waals surface area contributed by atoms with Crippen LogP contribution in [0.1, 0.15) is 18.4 Å². The summed E-state index contributed by atoms with van der Waals surface area (Å²) in [6.45, 7) is 2.74. The Kier molecular flexibility index (Phi) is 4.82. The molecule has 0 spiro atoms. The van der Waals surface area contributed by atoms with E-state index in [1.54, 1.807) is 16.7 Å². The topological polar surface area (TPSA) is 65.5 Å². The quantitative estimate of drug-likeness (QED) is 0.870. The van der Waals surface area contributed by atoms with Crippen molar-refractivity contribution in [3.63, 3.8) is 0 Å². The van der Waals surface area contributed by atoms with Crippen molar-refractivity contribution < 1.29 is 9.59 Å². The Morgan fingerprint density at radius 3 is 2.77 bits per heavy atom. The van der Waals surface area contributed by atoms with Gasteiger partial charge in [-0.15, -0.1) is 11.8 Å². The van der Waals surface area contributed by atoms with E-state index < -0.39 is 0 Å². The maximum Gasteiger partial charge on any atom is 0.239 e. The minimum absolute atomic E-state index is 0.0387. The van der Waals surface area contributed by atoms with Gasteiger partial charge in [0.05, 0.1) is 11.6 Å². The molecule has 0 unspecified atom stereocenters. The molecule has 2 amide bonds. The highest BCUT2D eigenvalue weighted by Crippen LogP contribution is 2.17. The molecule has 2 aliphatic heterocycles. The van der Waals surface area contributed by atoms with Crippen molar-refractivity contribution in [2.45, 2.75) is 19.4 Å². The summed E-state index contributed by atoms with van der Waals surface area (Å²) < 4.78 is 0. The lowest BCUT2D eigenvalue weighted by Crippen LogP contribution is -2.37. The molecule has 2 fully saturated rings. The molecule has 0 aromatic carbocycles. The van der Waals surface area contributed by atoms with E-state index in [1.807, 2.05) is 18.3 Å². The van der Waals surface area contributed by atoms with Gasteiger partial charge in [0.1, 0.15) is 12.4 Å². The molecule has 3 rings (SSSR count). The third-order valence-corrected chi connectivity index (χ3v) is 4.83. The molecule has 1 N–H and O–H groups in total. The molecule has 0 radical (unpaired) electrons. The number of thioether (sulfide) groups is 1. The predicted octanol–water partition coefficient (Wildman–Crippen LogP) is 0.831. The molecule has 2 saturated heterocycles. The Hall–Kier alpha value is -1.76. The van der Waals surface area contributed by atoms with Gasteiger partial charge in [-0.2, -0.15) is 0 Å². The van der Waals surface area contributed by atoms with Crippen LogP contribution in [-0.4, -0.2) is 53.0 Å². The van der Waals surface area contributed by atoms with Crippen molar-refractivity contribution in [3.8, 4) is 0 Å². The molecule has 2 aliphatic rings. The molecule has 0 aliphatic carbocycles. The lowest BCUT2D eigenvalue weighted by Gasteiger charge is -2.16. The second-order valence-corrected chi connectivity index (χ2v) is 6.52. The van der Waals surface area contributed by atoms with Crippen molar-refractivity contribution >= 4 is 29.4 Å². The number of carbonyl (C=O) groups excluding carboxylic acids is 2. The molecule has 0 atom stereocenters. The van der Waals surface area contributed by atoms with Crippen molar-refractivity contribution in [2.75, 3.05) is 36.2 Å². The highest BCUT2D eigenvalue weighted by molar-refractivity contribution is 8.00. The predicted molar refractivity (Wildman–Crippen MR) is 86.6 cm³/mol. The van der Waals surface area contributed by atoms with Crippen LogP contribution in [0.4, 0.5) is 5.82 Å². The molecule has 0 bridgehead atoms. The van der Waals surface area contributed by atoms with Crippen LogP contribution in [0.2, 0.25) is 0 Å². The van der Waals surface area contributed by atoms with E-state index in [4.69, 9.17) is 0 Å². The van der Waals surface area contributed by atoms with Crippen LogP contribution >= 0.6 is 11.8 Å². The lowest BCUT2D eigenvalue weighted by molar-refractivity contribution is -0.132. The summed E-state index contributed by atoms with van der Waals surface area (Å²) in [4.78, 5) is 31.6. The summed E-state index contributed by atoms with van der Waals surface area (Å²) in [6, 6.07) is 4.01. The first-order valence-electron chi connectivity index (χ1n) is 7.54. The number of amides is 2. The third kappa shape index (κ3) is 3.71. The number of pyridine rings is 1. The largest absolute Gasteiger partial charge is 0.357 e. The zero-order chi connectivity index (χ0) is 15.4. The average Bonchev–Trinajstić information content (AvgIpc) is 3.18. The normalized spacial score (nSPS) is 18.1. The molecule has 1 aromatic rings. The summed E-state index contributed by atoms with van der Waals surface area (Å²) in [6.07, 6.45) is 4.27. The minimum Gasteiger partial charge on any atom is -0.357 e. The second kappa shape index (κ2) is 7.00. The Morgan fingerprint density at radius 2 is 2.14 bits per heavy atom. The number of hydrogen-bond acceptors (Lipinski definition) is 5. The van der Waals surface area contributed by atoms with Gasteiger partial charge in [0.15, 0.2) is 0 Å². The van der Waals surface area contributed by atoms with Crippen LogP contribution in [0.3, 0.4) is 0 Å². The molecule has 118 valence electrons. The highest BCUT2D eigenvalue weighted by atomic mass is 32.2. The summed E-state index contributed by atoms with van der Waals surface area (Å²) in [5.41, 5.74) is 0.971. The maximum atomic E-state index is 11.9. The summed E-state index contributed by atoms with van der Waals surface area (Å²) in [5, 5.41) is 2.84. The monoisotopic (exact) mass is 320 g/mol. The summed E-state index contributed by atoms with van der Waals surface area (Å²) >= 11 is 1.54. The number of nitrogens with one attached hydrogen (secondary N) is 1. The molecule has 22 heavy (non-hydrogen) atoms. The Balaban J connectivity index is 1.46. The fourth-order valence-corrected chi connectivity index (χ4v) is 3.53. The van der Waals surface area contributed by atoms with Gasteiger partial charge in [0.2, 0.25) is 11.8 Å². The van der Waals surface area contributed by atoms with E-state index in [9.17, 15) is 9.59 Å². The van der Waals surface area contributed by atoms with Gasteiger partial charge >= 0.3 is 0 Å². The van der Waals surface area contributed by atoms with Crippen LogP contribution < -0.4 is 10.2 Å². The van der Waals surface area contributed by atoms with Crippen LogP contribution in [0.15, 0.2) is 18.3 Å². The van der Waals surface area contributed by atoms with Gasteiger partial charge in [0, 0.05) is 25.8 Å². The molecule has 7 heteroatoms. The zero-order valence-electron chi connectivity index (χ0n) is 12.5.